The van der Waals surface area contributed by atoms with E-state index in [-0.39, 0.29) is 23.0 Å². The maximum atomic E-state index is 12.7. The summed E-state index contributed by atoms with van der Waals surface area (Å²) in [5.41, 5.74) is 0.372. The van der Waals surface area contributed by atoms with Crippen molar-refractivity contribution >= 4 is 16.7 Å². The summed E-state index contributed by atoms with van der Waals surface area (Å²) in [4.78, 5) is 31.3. The maximum absolute atomic E-state index is 12.7. The summed E-state index contributed by atoms with van der Waals surface area (Å²) in [5.74, 6) is 0. The highest BCUT2D eigenvalue weighted by molar-refractivity contribution is 5.88. The summed E-state index contributed by atoms with van der Waals surface area (Å²) in [6.45, 7) is 7.75. The molecule has 3 heterocycles. The standard InChI is InChI=1S/C18H26N4O3/c1-18(2,3)25-12-7-6-10-22(11-12)13-8-9-19-15-14(13)16(23)21(5)17(24)20(15)4/h8-9,12H,6-7,10-11H2,1-5H3. The number of pyridine rings is 1. The molecule has 1 aliphatic rings. The summed E-state index contributed by atoms with van der Waals surface area (Å²) in [5, 5.41) is 0.489. The van der Waals surface area contributed by atoms with Gasteiger partial charge in [0.25, 0.3) is 5.56 Å². The van der Waals surface area contributed by atoms with Crippen molar-refractivity contribution in [3.05, 3.63) is 33.1 Å². The van der Waals surface area contributed by atoms with Crippen LogP contribution in [0.2, 0.25) is 0 Å². The van der Waals surface area contributed by atoms with Crippen LogP contribution in [-0.2, 0) is 18.8 Å². The van der Waals surface area contributed by atoms with Crippen LogP contribution in [0.4, 0.5) is 5.69 Å². The summed E-state index contributed by atoms with van der Waals surface area (Å²) in [6, 6.07) is 1.85. The topological polar surface area (TPSA) is 69.4 Å². The third-order valence-corrected chi connectivity index (χ3v) is 4.56. The van der Waals surface area contributed by atoms with Gasteiger partial charge in [-0.05, 0) is 39.7 Å². The van der Waals surface area contributed by atoms with Gasteiger partial charge in [0.05, 0.1) is 17.4 Å². The van der Waals surface area contributed by atoms with Crippen LogP contribution in [0.15, 0.2) is 21.9 Å². The molecule has 0 aromatic carbocycles. The fraction of sp³-hybridized carbons (Fsp3) is 0.611. The number of hydrogen-bond acceptors (Lipinski definition) is 5. The lowest BCUT2D eigenvalue weighted by Crippen LogP contribution is -2.44. The molecule has 1 atom stereocenters. The number of hydrogen-bond donors (Lipinski definition) is 0. The first-order chi connectivity index (χ1) is 11.7. The van der Waals surface area contributed by atoms with Gasteiger partial charge in [0.15, 0.2) is 5.65 Å². The summed E-state index contributed by atoms with van der Waals surface area (Å²) >= 11 is 0. The van der Waals surface area contributed by atoms with E-state index in [9.17, 15) is 9.59 Å². The van der Waals surface area contributed by atoms with Crippen molar-refractivity contribution in [1.82, 2.24) is 14.1 Å². The normalized spacial score (nSPS) is 18.8. The van der Waals surface area contributed by atoms with Gasteiger partial charge < -0.3 is 9.64 Å². The van der Waals surface area contributed by atoms with E-state index in [2.05, 4.69) is 30.7 Å². The molecule has 0 aliphatic carbocycles. The van der Waals surface area contributed by atoms with Gasteiger partial charge in [-0.1, -0.05) is 0 Å². The van der Waals surface area contributed by atoms with Gasteiger partial charge in [0, 0.05) is 33.4 Å². The van der Waals surface area contributed by atoms with Crippen LogP contribution in [0.3, 0.4) is 0 Å². The number of rotatable bonds is 2. The van der Waals surface area contributed by atoms with Crippen LogP contribution in [0.25, 0.3) is 11.0 Å². The number of ether oxygens (including phenoxy) is 1. The van der Waals surface area contributed by atoms with E-state index in [1.807, 2.05) is 6.07 Å². The van der Waals surface area contributed by atoms with Gasteiger partial charge in [-0.15, -0.1) is 0 Å². The first kappa shape index (κ1) is 17.7. The van der Waals surface area contributed by atoms with Crippen molar-refractivity contribution in [2.75, 3.05) is 18.0 Å². The zero-order valence-corrected chi connectivity index (χ0v) is 15.6. The molecule has 3 rings (SSSR count). The molecular weight excluding hydrogens is 320 g/mol. The van der Waals surface area contributed by atoms with Gasteiger partial charge in [0.1, 0.15) is 5.39 Å². The lowest BCUT2D eigenvalue weighted by atomic mass is 10.1. The molecule has 2 aromatic heterocycles. The number of aromatic nitrogens is 3. The number of nitrogens with zero attached hydrogens (tertiary/aromatic N) is 4. The fourth-order valence-electron chi connectivity index (χ4n) is 3.49. The third kappa shape index (κ3) is 3.33. The summed E-state index contributed by atoms with van der Waals surface area (Å²) in [7, 11) is 3.14. The molecule has 25 heavy (non-hydrogen) atoms. The van der Waals surface area contributed by atoms with E-state index in [0.29, 0.717) is 11.0 Å². The first-order valence-corrected chi connectivity index (χ1v) is 8.66. The molecule has 0 amide bonds. The Bertz CT molecular complexity index is 907. The third-order valence-electron chi connectivity index (χ3n) is 4.56. The van der Waals surface area contributed by atoms with Gasteiger partial charge in [-0.2, -0.15) is 0 Å². The fourth-order valence-corrected chi connectivity index (χ4v) is 3.49. The van der Waals surface area contributed by atoms with E-state index in [4.69, 9.17) is 4.74 Å². The van der Waals surface area contributed by atoms with Crippen LogP contribution >= 0.6 is 0 Å². The predicted octanol–water partition coefficient (Wildman–Crippen LogP) is 1.42. The maximum Gasteiger partial charge on any atom is 0.332 e. The van der Waals surface area contributed by atoms with Crippen molar-refractivity contribution in [1.29, 1.82) is 0 Å². The Morgan fingerprint density at radius 2 is 1.92 bits per heavy atom. The van der Waals surface area contributed by atoms with Crippen LogP contribution in [-0.4, -0.2) is 38.9 Å². The Hall–Kier alpha value is -2.15. The predicted molar refractivity (Wildman–Crippen MR) is 98.3 cm³/mol. The van der Waals surface area contributed by atoms with Crippen LogP contribution in [0.1, 0.15) is 33.6 Å². The molecule has 2 aromatic rings. The molecule has 136 valence electrons. The Labute approximate surface area is 146 Å². The van der Waals surface area contributed by atoms with Gasteiger partial charge in [-0.3, -0.25) is 13.9 Å². The molecule has 7 nitrogen and oxygen atoms in total. The number of aryl methyl sites for hydroxylation is 1. The van der Waals surface area contributed by atoms with Gasteiger partial charge >= 0.3 is 5.69 Å². The average molecular weight is 346 g/mol. The minimum Gasteiger partial charge on any atom is -0.371 e. The smallest absolute Gasteiger partial charge is 0.332 e. The highest BCUT2D eigenvalue weighted by Crippen LogP contribution is 2.27. The van der Waals surface area contributed by atoms with Crippen molar-refractivity contribution in [3.63, 3.8) is 0 Å². The van der Waals surface area contributed by atoms with Crippen LogP contribution < -0.4 is 16.1 Å². The second-order valence-electron chi connectivity index (χ2n) is 7.67. The summed E-state index contributed by atoms with van der Waals surface area (Å²) < 4.78 is 8.71. The van der Waals surface area contributed by atoms with E-state index in [0.717, 1.165) is 36.2 Å². The van der Waals surface area contributed by atoms with Crippen LogP contribution in [0.5, 0.6) is 0 Å². The monoisotopic (exact) mass is 346 g/mol. The zero-order valence-electron chi connectivity index (χ0n) is 15.6. The number of fused-ring (bicyclic) bond motifs is 1. The Morgan fingerprint density at radius 3 is 2.60 bits per heavy atom. The second kappa shape index (κ2) is 6.29. The van der Waals surface area contributed by atoms with Crippen molar-refractivity contribution < 1.29 is 4.74 Å². The average Bonchev–Trinajstić information content (AvgIpc) is 2.56. The van der Waals surface area contributed by atoms with E-state index in [1.165, 1.54) is 11.6 Å². The Kier molecular flexibility index (Phi) is 4.45. The Balaban J connectivity index is 2.07. The molecule has 1 unspecified atom stereocenters. The molecule has 0 N–H and O–H groups in total. The van der Waals surface area contributed by atoms with Gasteiger partial charge in [-0.25, -0.2) is 9.78 Å². The molecule has 0 radical (unpaired) electrons. The van der Waals surface area contributed by atoms with E-state index < -0.39 is 0 Å². The molecule has 1 saturated heterocycles. The van der Waals surface area contributed by atoms with Gasteiger partial charge in [0.2, 0.25) is 0 Å². The largest absolute Gasteiger partial charge is 0.371 e. The lowest BCUT2D eigenvalue weighted by Gasteiger charge is -2.37. The molecule has 0 saturated carbocycles. The zero-order chi connectivity index (χ0) is 18.4. The molecule has 0 bridgehead atoms. The first-order valence-electron chi connectivity index (χ1n) is 8.66. The quantitative estimate of drug-likeness (QED) is 0.822. The molecular formula is C18H26N4O3. The molecule has 0 spiro atoms. The SMILES string of the molecule is Cn1c(=O)c2c(N3CCCC(OC(C)(C)C)C3)ccnc2n(C)c1=O. The van der Waals surface area contributed by atoms with Crippen LogP contribution in [0, 0.1) is 0 Å². The highest BCUT2D eigenvalue weighted by Gasteiger charge is 2.27. The van der Waals surface area contributed by atoms with E-state index >= 15 is 0 Å². The summed E-state index contributed by atoms with van der Waals surface area (Å²) in [6.07, 6.45) is 3.78. The minimum atomic E-state index is -0.366. The second-order valence-corrected chi connectivity index (χ2v) is 7.67. The number of anilines is 1. The minimum absolute atomic E-state index is 0.119. The Morgan fingerprint density at radius 1 is 1.20 bits per heavy atom. The van der Waals surface area contributed by atoms with Crippen molar-refractivity contribution in [2.24, 2.45) is 14.1 Å². The molecule has 1 fully saturated rings. The van der Waals surface area contributed by atoms with Crippen molar-refractivity contribution in [2.45, 2.75) is 45.3 Å². The molecule has 7 heteroatoms. The lowest BCUT2D eigenvalue weighted by molar-refractivity contribution is -0.0635. The number of piperidine rings is 1. The molecule has 1 aliphatic heterocycles. The van der Waals surface area contributed by atoms with Crippen molar-refractivity contribution in [3.8, 4) is 0 Å². The highest BCUT2D eigenvalue weighted by atomic mass is 16.5. The van der Waals surface area contributed by atoms with E-state index in [1.54, 1.807) is 13.2 Å².